The Morgan fingerprint density at radius 2 is 2.09 bits per heavy atom. The molecule has 23 heavy (non-hydrogen) atoms. The van der Waals surface area contributed by atoms with Gasteiger partial charge in [-0.2, -0.15) is 0 Å². The van der Waals surface area contributed by atoms with E-state index in [-0.39, 0.29) is 6.61 Å². The maximum absolute atomic E-state index is 9.13. The van der Waals surface area contributed by atoms with Crippen molar-refractivity contribution in [2.45, 2.75) is 19.3 Å². The van der Waals surface area contributed by atoms with Crippen LogP contribution in [0.2, 0.25) is 0 Å². The Bertz CT molecular complexity index is 628. The van der Waals surface area contributed by atoms with Crippen molar-refractivity contribution in [1.29, 1.82) is 0 Å². The molecule has 0 spiro atoms. The van der Waals surface area contributed by atoms with Crippen LogP contribution in [0.3, 0.4) is 0 Å². The largest absolute Gasteiger partial charge is 0.496 e. The predicted molar refractivity (Wildman–Crippen MR) is 90.7 cm³/mol. The van der Waals surface area contributed by atoms with Crippen molar-refractivity contribution >= 4 is 5.82 Å². The molecule has 0 radical (unpaired) electrons. The number of anilines is 1. The Labute approximate surface area is 136 Å². The Kier molecular flexibility index (Phi) is 5.08. The van der Waals surface area contributed by atoms with Gasteiger partial charge >= 0.3 is 0 Å². The highest BCUT2D eigenvalue weighted by molar-refractivity contribution is 5.67. The monoisotopic (exact) mass is 313 g/mol. The van der Waals surface area contributed by atoms with Gasteiger partial charge < -0.3 is 14.7 Å². The van der Waals surface area contributed by atoms with Gasteiger partial charge in [0.15, 0.2) is 5.82 Å². The molecule has 1 N–H and O–H groups in total. The maximum Gasteiger partial charge on any atom is 0.151 e. The number of rotatable bonds is 5. The fourth-order valence-electron chi connectivity index (χ4n) is 3.19. The van der Waals surface area contributed by atoms with Crippen molar-refractivity contribution in [3.05, 3.63) is 36.4 Å². The smallest absolute Gasteiger partial charge is 0.151 e. The van der Waals surface area contributed by atoms with Crippen molar-refractivity contribution in [1.82, 2.24) is 10.2 Å². The first-order valence-corrected chi connectivity index (χ1v) is 8.14. The molecule has 2 heterocycles. The molecule has 0 saturated carbocycles. The van der Waals surface area contributed by atoms with Gasteiger partial charge in [-0.15, -0.1) is 10.2 Å². The van der Waals surface area contributed by atoms with Crippen molar-refractivity contribution in [3.8, 4) is 17.0 Å². The third kappa shape index (κ3) is 3.62. The SMILES string of the molecule is COc1ccccc1-c1ccc(N2CCCC(CCO)C2)nn1. The normalized spacial score (nSPS) is 18.0. The minimum absolute atomic E-state index is 0.261. The Morgan fingerprint density at radius 3 is 2.83 bits per heavy atom. The number of hydrogen-bond acceptors (Lipinski definition) is 5. The number of aromatic nitrogens is 2. The first kappa shape index (κ1) is 15.7. The number of piperidine rings is 1. The average Bonchev–Trinajstić information content (AvgIpc) is 2.62. The molecule has 1 aromatic carbocycles. The van der Waals surface area contributed by atoms with Crippen LogP contribution >= 0.6 is 0 Å². The molecule has 122 valence electrons. The second-order valence-electron chi connectivity index (χ2n) is 5.94. The minimum Gasteiger partial charge on any atom is -0.496 e. The molecule has 0 bridgehead atoms. The third-order valence-electron chi connectivity index (χ3n) is 4.41. The molecular weight excluding hydrogens is 290 g/mol. The lowest BCUT2D eigenvalue weighted by Crippen LogP contribution is -2.36. The fraction of sp³-hybridized carbons (Fsp3) is 0.444. The molecule has 5 heteroatoms. The van der Waals surface area contributed by atoms with Crippen molar-refractivity contribution in [2.24, 2.45) is 5.92 Å². The van der Waals surface area contributed by atoms with E-state index in [1.165, 1.54) is 6.42 Å². The quantitative estimate of drug-likeness (QED) is 0.920. The molecule has 1 aliphatic heterocycles. The summed E-state index contributed by atoms with van der Waals surface area (Å²) < 4.78 is 5.39. The number of benzene rings is 1. The van der Waals surface area contributed by atoms with Gasteiger partial charge in [-0.3, -0.25) is 0 Å². The van der Waals surface area contributed by atoms with Crippen LogP contribution in [0.25, 0.3) is 11.3 Å². The van der Waals surface area contributed by atoms with Crippen LogP contribution in [0.4, 0.5) is 5.82 Å². The van der Waals surface area contributed by atoms with Crippen LogP contribution < -0.4 is 9.64 Å². The van der Waals surface area contributed by atoms with Gasteiger partial charge in [0.1, 0.15) is 5.75 Å². The van der Waals surface area contributed by atoms with Gasteiger partial charge in [-0.25, -0.2) is 0 Å². The highest BCUT2D eigenvalue weighted by atomic mass is 16.5. The summed E-state index contributed by atoms with van der Waals surface area (Å²) in [6.45, 7) is 2.21. The van der Waals surface area contributed by atoms with E-state index < -0.39 is 0 Å². The number of aliphatic hydroxyl groups excluding tert-OH is 1. The standard InChI is InChI=1S/C18H23N3O2/c1-23-17-7-3-2-6-15(17)16-8-9-18(20-19-16)21-11-4-5-14(13-21)10-12-22/h2-3,6-9,14,22H,4-5,10-13H2,1H3. The highest BCUT2D eigenvalue weighted by Gasteiger charge is 2.21. The predicted octanol–water partition coefficient (Wildman–Crippen LogP) is 2.75. The van der Waals surface area contributed by atoms with Crippen molar-refractivity contribution < 1.29 is 9.84 Å². The van der Waals surface area contributed by atoms with E-state index in [2.05, 4.69) is 15.1 Å². The van der Waals surface area contributed by atoms with Crippen molar-refractivity contribution in [2.75, 3.05) is 31.7 Å². The summed E-state index contributed by atoms with van der Waals surface area (Å²) in [6.07, 6.45) is 3.19. The van der Waals surface area contributed by atoms with Crippen LogP contribution in [0, 0.1) is 5.92 Å². The third-order valence-corrected chi connectivity index (χ3v) is 4.41. The van der Waals surface area contributed by atoms with E-state index in [1.54, 1.807) is 7.11 Å². The molecule has 1 aromatic heterocycles. The lowest BCUT2D eigenvalue weighted by Gasteiger charge is -2.33. The van der Waals surface area contributed by atoms with Gasteiger partial charge in [-0.05, 0) is 49.4 Å². The molecule has 1 fully saturated rings. The lowest BCUT2D eigenvalue weighted by atomic mass is 9.95. The zero-order valence-corrected chi connectivity index (χ0v) is 13.5. The summed E-state index contributed by atoms with van der Waals surface area (Å²) in [5.41, 5.74) is 1.76. The molecule has 3 rings (SSSR count). The van der Waals surface area contributed by atoms with Crippen LogP contribution in [-0.2, 0) is 0 Å². The van der Waals surface area contributed by atoms with Crippen LogP contribution in [0.5, 0.6) is 5.75 Å². The molecule has 5 nitrogen and oxygen atoms in total. The Morgan fingerprint density at radius 1 is 1.22 bits per heavy atom. The Hall–Kier alpha value is -2.14. The van der Waals surface area contributed by atoms with E-state index in [9.17, 15) is 0 Å². The Balaban J connectivity index is 1.77. The summed E-state index contributed by atoms with van der Waals surface area (Å²) in [4.78, 5) is 2.27. The number of methoxy groups -OCH3 is 1. The van der Waals surface area contributed by atoms with Gasteiger partial charge in [0.05, 0.1) is 12.8 Å². The van der Waals surface area contributed by atoms with Crippen molar-refractivity contribution in [3.63, 3.8) is 0 Å². The minimum atomic E-state index is 0.261. The number of nitrogens with zero attached hydrogens (tertiary/aromatic N) is 3. The maximum atomic E-state index is 9.13. The fourth-order valence-corrected chi connectivity index (χ4v) is 3.19. The zero-order valence-electron chi connectivity index (χ0n) is 13.5. The van der Waals surface area contributed by atoms with E-state index in [4.69, 9.17) is 9.84 Å². The number of para-hydroxylation sites is 1. The van der Waals surface area contributed by atoms with E-state index in [0.717, 1.165) is 48.8 Å². The molecule has 1 aliphatic rings. The highest BCUT2D eigenvalue weighted by Crippen LogP contribution is 2.29. The molecule has 1 unspecified atom stereocenters. The molecule has 1 saturated heterocycles. The number of hydrogen-bond donors (Lipinski definition) is 1. The van der Waals surface area contributed by atoms with Crippen LogP contribution in [0.1, 0.15) is 19.3 Å². The number of ether oxygens (including phenoxy) is 1. The van der Waals surface area contributed by atoms with Gasteiger partial charge in [0.2, 0.25) is 0 Å². The molecule has 0 aliphatic carbocycles. The average molecular weight is 313 g/mol. The van der Waals surface area contributed by atoms with E-state index in [0.29, 0.717) is 5.92 Å². The van der Waals surface area contributed by atoms with Crippen LogP contribution in [0.15, 0.2) is 36.4 Å². The summed E-state index contributed by atoms with van der Waals surface area (Å²) >= 11 is 0. The summed E-state index contributed by atoms with van der Waals surface area (Å²) in [5.74, 6) is 2.26. The topological polar surface area (TPSA) is 58.5 Å². The van der Waals surface area contributed by atoms with E-state index >= 15 is 0 Å². The van der Waals surface area contributed by atoms with Gasteiger partial charge in [-0.1, -0.05) is 12.1 Å². The van der Waals surface area contributed by atoms with Gasteiger partial charge in [0, 0.05) is 25.3 Å². The summed E-state index contributed by atoms with van der Waals surface area (Å²) in [7, 11) is 1.66. The molecular formula is C18H23N3O2. The second kappa shape index (κ2) is 7.42. The summed E-state index contributed by atoms with van der Waals surface area (Å²) in [6, 6.07) is 11.8. The van der Waals surface area contributed by atoms with Gasteiger partial charge in [0.25, 0.3) is 0 Å². The summed E-state index contributed by atoms with van der Waals surface area (Å²) in [5, 5.41) is 17.9. The number of aliphatic hydroxyl groups is 1. The second-order valence-corrected chi connectivity index (χ2v) is 5.94. The van der Waals surface area contributed by atoms with E-state index in [1.807, 2.05) is 36.4 Å². The zero-order chi connectivity index (χ0) is 16.1. The molecule has 2 aromatic rings. The first-order valence-electron chi connectivity index (χ1n) is 8.14. The first-order chi connectivity index (χ1) is 11.3. The lowest BCUT2D eigenvalue weighted by molar-refractivity contribution is 0.244. The molecule has 0 amide bonds. The van der Waals surface area contributed by atoms with Crippen LogP contribution in [-0.4, -0.2) is 42.1 Å². The molecule has 1 atom stereocenters.